The van der Waals surface area contributed by atoms with Crippen LogP contribution >= 0.6 is 0 Å². The molecule has 0 radical (unpaired) electrons. The number of carbonyl (C=O) groups excluding carboxylic acids is 1. The number of piperidine rings is 1. The normalized spacial score (nSPS) is 19.1. The summed E-state index contributed by atoms with van der Waals surface area (Å²) >= 11 is 0. The van der Waals surface area contributed by atoms with Crippen molar-refractivity contribution in [2.75, 3.05) is 38.7 Å². The molecule has 8 nitrogen and oxygen atoms in total. The van der Waals surface area contributed by atoms with E-state index in [0.717, 1.165) is 24.2 Å². The minimum atomic E-state index is -0.829. The fourth-order valence-electron chi connectivity index (χ4n) is 3.91. The summed E-state index contributed by atoms with van der Waals surface area (Å²) < 4.78 is 14.6. The highest BCUT2D eigenvalue weighted by atomic mass is 19.1. The summed E-state index contributed by atoms with van der Waals surface area (Å²) in [4.78, 5) is 27.2. The van der Waals surface area contributed by atoms with Crippen LogP contribution in [-0.4, -0.2) is 60.7 Å². The maximum Gasteiger partial charge on any atom is 0.293 e. The molecule has 1 amide bonds. The number of nitro benzene ring substituents is 1. The average molecular weight is 430 g/mol. The fourth-order valence-corrected chi connectivity index (χ4v) is 3.91. The van der Waals surface area contributed by atoms with E-state index in [1.165, 1.54) is 4.90 Å². The molecule has 0 aromatic heterocycles. The largest absolute Gasteiger partial charge is 0.396 e. The zero-order valence-corrected chi connectivity index (χ0v) is 17.6. The maximum absolute atomic E-state index is 14.6. The standard InChI is InChI=1S/C22H27FN4O4/c1-25(2)20-11-18(23)17(10-21(20)27(30)31)22(29)24-19-13-26(9-8-16(19)14-28)12-15-6-4-3-5-7-15/h3-7,10-11,16,19,28H,8-9,12-14H2,1-2H3,(H,24,29)/t16-,19-/m0/s1. The van der Waals surface area contributed by atoms with Crippen molar-refractivity contribution >= 4 is 17.3 Å². The van der Waals surface area contributed by atoms with Crippen LogP contribution in [0.15, 0.2) is 42.5 Å². The van der Waals surface area contributed by atoms with Crippen LogP contribution in [0.1, 0.15) is 22.3 Å². The van der Waals surface area contributed by atoms with E-state index in [0.29, 0.717) is 19.5 Å². The van der Waals surface area contributed by atoms with E-state index >= 15 is 0 Å². The molecule has 1 fully saturated rings. The fraction of sp³-hybridized carbons (Fsp3) is 0.409. The summed E-state index contributed by atoms with van der Waals surface area (Å²) in [5.41, 5.74) is 0.494. The number of nitrogens with one attached hydrogen (secondary N) is 1. The van der Waals surface area contributed by atoms with Crippen LogP contribution in [0.5, 0.6) is 0 Å². The van der Waals surface area contributed by atoms with Crippen molar-refractivity contribution in [3.05, 3.63) is 69.5 Å². The molecule has 166 valence electrons. The predicted octanol–water partition coefficient (Wildman–Crippen LogP) is 2.41. The van der Waals surface area contributed by atoms with Crippen molar-refractivity contribution in [2.24, 2.45) is 5.92 Å². The molecule has 0 unspecified atom stereocenters. The van der Waals surface area contributed by atoms with Gasteiger partial charge in [-0.25, -0.2) is 4.39 Å². The average Bonchev–Trinajstić information content (AvgIpc) is 2.74. The number of carbonyl (C=O) groups is 1. The first-order chi connectivity index (χ1) is 14.8. The number of halogens is 1. The lowest BCUT2D eigenvalue weighted by Gasteiger charge is -2.38. The molecule has 1 saturated heterocycles. The van der Waals surface area contributed by atoms with Gasteiger partial charge in [-0.15, -0.1) is 0 Å². The number of aliphatic hydroxyl groups is 1. The molecule has 0 bridgehead atoms. The van der Waals surface area contributed by atoms with Crippen molar-refractivity contribution in [2.45, 2.75) is 19.0 Å². The van der Waals surface area contributed by atoms with E-state index in [4.69, 9.17) is 0 Å². The van der Waals surface area contributed by atoms with Crippen LogP contribution < -0.4 is 10.2 Å². The molecule has 0 saturated carbocycles. The van der Waals surface area contributed by atoms with Crippen LogP contribution in [0.25, 0.3) is 0 Å². The Morgan fingerprint density at radius 3 is 2.65 bits per heavy atom. The van der Waals surface area contributed by atoms with E-state index in [-0.39, 0.29) is 29.5 Å². The van der Waals surface area contributed by atoms with Gasteiger partial charge in [-0.2, -0.15) is 0 Å². The van der Waals surface area contributed by atoms with Crippen molar-refractivity contribution in [1.29, 1.82) is 0 Å². The summed E-state index contributed by atoms with van der Waals surface area (Å²) in [6, 6.07) is 11.5. The first-order valence-corrected chi connectivity index (χ1v) is 10.1. The molecule has 2 aromatic rings. The van der Waals surface area contributed by atoms with Crippen molar-refractivity contribution in [3.8, 4) is 0 Å². The van der Waals surface area contributed by atoms with E-state index in [9.17, 15) is 24.4 Å². The lowest BCUT2D eigenvalue weighted by Crippen LogP contribution is -2.53. The van der Waals surface area contributed by atoms with E-state index in [1.54, 1.807) is 14.1 Å². The molecule has 3 rings (SSSR count). The van der Waals surface area contributed by atoms with Crippen molar-refractivity contribution in [1.82, 2.24) is 10.2 Å². The molecule has 2 aromatic carbocycles. The number of hydrogen-bond donors (Lipinski definition) is 2. The minimum Gasteiger partial charge on any atom is -0.396 e. The minimum absolute atomic E-state index is 0.0824. The van der Waals surface area contributed by atoms with Crippen LogP contribution in [0, 0.1) is 21.8 Å². The number of nitro groups is 1. The van der Waals surface area contributed by atoms with Gasteiger partial charge in [0.05, 0.1) is 10.5 Å². The Kier molecular flexibility index (Phi) is 7.19. The van der Waals surface area contributed by atoms with Crippen LogP contribution in [0.4, 0.5) is 15.8 Å². The Morgan fingerprint density at radius 1 is 1.32 bits per heavy atom. The lowest BCUT2D eigenvalue weighted by molar-refractivity contribution is -0.384. The Balaban J connectivity index is 1.78. The second-order valence-corrected chi connectivity index (χ2v) is 8.00. The van der Waals surface area contributed by atoms with Gasteiger partial charge in [0.1, 0.15) is 11.5 Å². The van der Waals surface area contributed by atoms with Crippen LogP contribution in [0.2, 0.25) is 0 Å². The second-order valence-electron chi connectivity index (χ2n) is 8.00. The van der Waals surface area contributed by atoms with Gasteiger partial charge in [0.15, 0.2) is 0 Å². The third-order valence-electron chi connectivity index (χ3n) is 5.63. The third kappa shape index (κ3) is 5.36. The van der Waals surface area contributed by atoms with Crippen LogP contribution in [-0.2, 0) is 6.54 Å². The highest BCUT2D eigenvalue weighted by Crippen LogP contribution is 2.30. The smallest absolute Gasteiger partial charge is 0.293 e. The Morgan fingerprint density at radius 2 is 2.03 bits per heavy atom. The number of amides is 1. The molecular weight excluding hydrogens is 403 g/mol. The first-order valence-electron chi connectivity index (χ1n) is 10.1. The van der Waals surface area contributed by atoms with Gasteiger partial charge >= 0.3 is 0 Å². The van der Waals surface area contributed by atoms with Gasteiger partial charge in [0.25, 0.3) is 11.6 Å². The van der Waals surface area contributed by atoms with Crippen LogP contribution in [0.3, 0.4) is 0 Å². The highest BCUT2D eigenvalue weighted by Gasteiger charge is 2.31. The van der Waals surface area contributed by atoms with E-state index in [1.807, 2.05) is 30.3 Å². The molecule has 1 heterocycles. The monoisotopic (exact) mass is 430 g/mol. The topological polar surface area (TPSA) is 99.0 Å². The van der Waals surface area contributed by atoms with Gasteiger partial charge in [-0.1, -0.05) is 30.3 Å². The quantitative estimate of drug-likeness (QED) is 0.517. The van der Waals surface area contributed by atoms with Crippen molar-refractivity contribution < 1.29 is 19.2 Å². The molecule has 0 spiro atoms. The molecule has 2 N–H and O–H groups in total. The molecule has 31 heavy (non-hydrogen) atoms. The third-order valence-corrected chi connectivity index (χ3v) is 5.63. The number of anilines is 1. The summed E-state index contributed by atoms with van der Waals surface area (Å²) in [7, 11) is 3.13. The number of nitrogens with zero attached hydrogens (tertiary/aromatic N) is 3. The number of benzene rings is 2. The molecule has 1 aliphatic rings. The summed E-state index contributed by atoms with van der Waals surface area (Å²) in [5, 5.41) is 23.9. The summed E-state index contributed by atoms with van der Waals surface area (Å²) in [5.74, 6) is -1.73. The molecular formula is C22H27FN4O4. The molecule has 2 atom stereocenters. The first kappa shape index (κ1) is 22.6. The second kappa shape index (κ2) is 9.84. The summed E-state index contributed by atoms with van der Waals surface area (Å²) in [6.45, 7) is 1.85. The van der Waals surface area contributed by atoms with Gasteiger partial charge < -0.3 is 15.3 Å². The molecule has 1 aliphatic heterocycles. The number of likely N-dealkylation sites (tertiary alicyclic amines) is 1. The Hall–Kier alpha value is -3.04. The van der Waals surface area contributed by atoms with Gasteiger partial charge in [0.2, 0.25) is 0 Å². The van der Waals surface area contributed by atoms with Gasteiger partial charge in [-0.3, -0.25) is 19.8 Å². The number of aliphatic hydroxyl groups excluding tert-OH is 1. The zero-order valence-electron chi connectivity index (χ0n) is 17.6. The molecule has 0 aliphatic carbocycles. The number of rotatable bonds is 7. The Labute approximate surface area is 180 Å². The predicted molar refractivity (Wildman–Crippen MR) is 116 cm³/mol. The molecule has 9 heteroatoms. The SMILES string of the molecule is CN(C)c1cc(F)c(C(=O)N[C@H]2CN(Cc3ccccc3)CC[C@H]2CO)cc1[N+](=O)[O-]. The van der Waals surface area contributed by atoms with E-state index < -0.39 is 22.7 Å². The Bertz CT molecular complexity index is 939. The van der Waals surface area contributed by atoms with Crippen molar-refractivity contribution in [3.63, 3.8) is 0 Å². The zero-order chi connectivity index (χ0) is 22.5. The number of hydrogen-bond acceptors (Lipinski definition) is 6. The summed E-state index contributed by atoms with van der Waals surface area (Å²) in [6.07, 6.45) is 0.677. The van der Waals surface area contributed by atoms with E-state index in [2.05, 4.69) is 10.2 Å². The maximum atomic E-state index is 14.6. The van der Waals surface area contributed by atoms with Gasteiger partial charge in [-0.05, 0) is 18.5 Å². The van der Waals surface area contributed by atoms with Gasteiger partial charge in [0, 0.05) is 57.9 Å². The highest BCUT2D eigenvalue weighted by molar-refractivity contribution is 5.96. The lowest BCUT2D eigenvalue weighted by atomic mass is 9.91.